The van der Waals surface area contributed by atoms with Gasteiger partial charge < -0.3 is 4.90 Å². The van der Waals surface area contributed by atoms with Crippen molar-refractivity contribution in [2.75, 3.05) is 11.4 Å². The number of benzene rings is 1. The van der Waals surface area contributed by atoms with Crippen molar-refractivity contribution in [3.8, 4) is 6.07 Å². The fraction of sp³-hybridized carbons (Fsp3) is 0.143. The van der Waals surface area contributed by atoms with Gasteiger partial charge in [0, 0.05) is 29.0 Å². The molecule has 0 bridgehead atoms. The van der Waals surface area contributed by atoms with E-state index in [-0.39, 0.29) is 17.9 Å². The van der Waals surface area contributed by atoms with Crippen LogP contribution in [0.1, 0.15) is 6.42 Å². The molecule has 0 aliphatic rings. The van der Waals surface area contributed by atoms with Crippen LogP contribution in [-0.2, 0) is 0 Å². The Morgan fingerprint density at radius 2 is 2.10 bits per heavy atom. The summed E-state index contributed by atoms with van der Waals surface area (Å²) in [4.78, 5) is 16.6. The highest BCUT2D eigenvalue weighted by Crippen LogP contribution is 2.33. The second kappa shape index (κ2) is 6.81. The van der Waals surface area contributed by atoms with Gasteiger partial charge in [0.25, 0.3) is 0 Å². The topological polar surface area (TPSA) is 83.1 Å². The van der Waals surface area contributed by atoms with Crippen molar-refractivity contribution in [1.82, 2.24) is 4.98 Å². The van der Waals surface area contributed by atoms with E-state index in [4.69, 9.17) is 5.26 Å². The van der Waals surface area contributed by atoms with Gasteiger partial charge in [-0.05, 0) is 28.1 Å². The number of rotatable bonds is 5. The van der Waals surface area contributed by atoms with Gasteiger partial charge in [-0.25, -0.2) is 4.98 Å². The number of anilines is 2. The molecule has 0 unspecified atom stereocenters. The summed E-state index contributed by atoms with van der Waals surface area (Å²) in [6.45, 7) is 0.329. The van der Waals surface area contributed by atoms with Crippen LogP contribution in [-0.4, -0.2) is 16.5 Å². The molecule has 2 aromatic rings. The van der Waals surface area contributed by atoms with E-state index in [1.54, 1.807) is 4.90 Å². The van der Waals surface area contributed by atoms with Gasteiger partial charge in [0.1, 0.15) is 0 Å². The minimum absolute atomic E-state index is 0.105. The second-order valence-electron chi connectivity index (χ2n) is 4.15. The van der Waals surface area contributed by atoms with E-state index in [1.165, 1.54) is 12.3 Å². The number of para-hydroxylation sites is 1. The van der Waals surface area contributed by atoms with Crippen LogP contribution in [0.25, 0.3) is 0 Å². The van der Waals surface area contributed by atoms with Crippen molar-refractivity contribution >= 4 is 33.1 Å². The Morgan fingerprint density at radius 3 is 2.71 bits per heavy atom. The number of pyridine rings is 1. The summed E-state index contributed by atoms with van der Waals surface area (Å²) in [6.07, 6.45) is 1.74. The molecule has 0 spiro atoms. The molecule has 0 saturated carbocycles. The number of hydrogen-bond donors (Lipinski definition) is 0. The first kappa shape index (κ1) is 14.9. The monoisotopic (exact) mass is 346 g/mol. The van der Waals surface area contributed by atoms with E-state index in [9.17, 15) is 10.1 Å². The van der Waals surface area contributed by atoms with Crippen LogP contribution in [0.3, 0.4) is 0 Å². The number of nitriles is 1. The van der Waals surface area contributed by atoms with E-state index < -0.39 is 4.92 Å². The molecule has 0 aliphatic heterocycles. The molecule has 1 aromatic heterocycles. The van der Waals surface area contributed by atoms with Crippen LogP contribution in [0.4, 0.5) is 17.2 Å². The molecule has 1 aromatic carbocycles. The molecular formula is C14H11BrN4O2. The lowest BCUT2D eigenvalue weighted by molar-refractivity contribution is -0.384. The smallest absolute Gasteiger partial charge is 0.313 e. The van der Waals surface area contributed by atoms with Crippen LogP contribution >= 0.6 is 15.9 Å². The van der Waals surface area contributed by atoms with Crippen molar-refractivity contribution in [3.63, 3.8) is 0 Å². The van der Waals surface area contributed by atoms with E-state index in [0.717, 1.165) is 5.69 Å². The van der Waals surface area contributed by atoms with Crippen LogP contribution in [0.2, 0.25) is 0 Å². The fourth-order valence-corrected chi connectivity index (χ4v) is 2.21. The Hall–Kier alpha value is -2.46. The Bertz CT molecular complexity index is 685. The highest BCUT2D eigenvalue weighted by Gasteiger charge is 2.22. The zero-order valence-corrected chi connectivity index (χ0v) is 12.5. The summed E-state index contributed by atoms with van der Waals surface area (Å²) in [5.41, 5.74) is 0.650. The summed E-state index contributed by atoms with van der Waals surface area (Å²) < 4.78 is 0.534. The molecule has 0 N–H and O–H groups in total. The maximum Gasteiger partial charge on any atom is 0.313 e. The average Bonchev–Trinajstić information content (AvgIpc) is 2.49. The average molecular weight is 347 g/mol. The van der Waals surface area contributed by atoms with Crippen LogP contribution in [0.15, 0.2) is 47.1 Å². The lowest BCUT2D eigenvalue weighted by Crippen LogP contribution is -2.20. The Morgan fingerprint density at radius 1 is 1.38 bits per heavy atom. The van der Waals surface area contributed by atoms with Gasteiger partial charge in [-0.3, -0.25) is 10.1 Å². The molecule has 0 fully saturated rings. The SMILES string of the molecule is N#CCCN(c1ccccc1)c1ncc(Br)cc1[N+](=O)[O-]. The van der Waals surface area contributed by atoms with Crippen molar-refractivity contribution in [2.24, 2.45) is 0 Å². The van der Waals surface area contributed by atoms with Crippen molar-refractivity contribution in [3.05, 3.63) is 57.2 Å². The quantitative estimate of drug-likeness (QED) is 0.607. The highest BCUT2D eigenvalue weighted by atomic mass is 79.9. The van der Waals surface area contributed by atoms with E-state index in [1.807, 2.05) is 36.4 Å². The van der Waals surface area contributed by atoms with Crippen molar-refractivity contribution in [1.29, 1.82) is 5.26 Å². The van der Waals surface area contributed by atoms with E-state index in [0.29, 0.717) is 11.0 Å². The van der Waals surface area contributed by atoms with Gasteiger partial charge in [0.15, 0.2) is 0 Å². The highest BCUT2D eigenvalue weighted by molar-refractivity contribution is 9.10. The molecule has 0 amide bonds. The number of hydrogen-bond acceptors (Lipinski definition) is 5. The zero-order valence-electron chi connectivity index (χ0n) is 10.9. The molecule has 7 heteroatoms. The maximum absolute atomic E-state index is 11.2. The minimum atomic E-state index is -0.477. The van der Waals surface area contributed by atoms with E-state index >= 15 is 0 Å². The first-order valence-electron chi connectivity index (χ1n) is 6.13. The van der Waals surface area contributed by atoms with Crippen LogP contribution in [0.5, 0.6) is 0 Å². The van der Waals surface area contributed by atoms with Crippen molar-refractivity contribution < 1.29 is 4.92 Å². The second-order valence-corrected chi connectivity index (χ2v) is 5.06. The lowest BCUT2D eigenvalue weighted by atomic mass is 10.2. The number of aromatic nitrogens is 1. The van der Waals surface area contributed by atoms with Crippen LogP contribution in [0, 0.1) is 21.4 Å². The third-order valence-corrected chi connectivity index (χ3v) is 3.21. The third-order valence-electron chi connectivity index (χ3n) is 2.78. The van der Waals surface area contributed by atoms with Gasteiger partial charge >= 0.3 is 5.69 Å². The molecule has 106 valence electrons. The Kier molecular flexibility index (Phi) is 4.85. The van der Waals surface area contributed by atoms with Gasteiger partial charge in [0.2, 0.25) is 5.82 Å². The number of halogens is 1. The Labute approximate surface area is 129 Å². The van der Waals surface area contributed by atoms with Gasteiger partial charge in [-0.1, -0.05) is 18.2 Å². The summed E-state index contributed by atoms with van der Waals surface area (Å²) in [5, 5.41) is 20.0. The summed E-state index contributed by atoms with van der Waals surface area (Å²) in [7, 11) is 0. The van der Waals surface area contributed by atoms with Gasteiger partial charge in [-0.2, -0.15) is 5.26 Å². The van der Waals surface area contributed by atoms with Crippen molar-refractivity contribution in [2.45, 2.75) is 6.42 Å². The first-order chi connectivity index (χ1) is 10.1. The molecule has 1 heterocycles. The molecule has 0 atom stereocenters. The fourth-order valence-electron chi connectivity index (χ4n) is 1.89. The first-order valence-corrected chi connectivity index (χ1v) is 6.92. The molecule has 6 nitrogen and oxygen atoms in total. The normalized spacial score (nSPS) is 9.90. The molecule has 0 radical (unpaired) electrons. The zero-order chi connectivity index (χ0) is 15.2. The summed E-state index contributed by atoms with van der Waals surface area (Å²) in [5.74, 6) is 0.227. The predicted octanol–water partition coefficient (Wildman–Crippen LogP) is 3.80. The summed E-state index contributed by atoms with van der Waals surface area (Å²) >= 11 is 3.18. The molecule has 0 saturated heterocycles. The van der Waals surface area contributed by atoms with Crippen LogP contribution < -0.4 is 4.90 Å². The molecule has 2 rings (SSSR count). The molecular weight excluding hydrogens is 336 g/mol. The standard InChI is InChI=1S/C14H11BrN4O2/c15-11-9-13(19(20)21)14(17-10-11)18(8-4-7-16)12-5-2-1-3-6-12/h1-3,5-6,9-10H,4,8H2. The Balaban J connectivity index is 2.52. The molecule has 21 heavy (non-hydrogen) atoms. The lowest BCUT2D eigenvalue weighted by Gasteiger charge is -2.22. The minimum Gasteiger partial charge on any atom is -0.320 e. The molecule has 0 aliphatic carbocycles. The third kappa shape index (κ3) is 3.55. The van der Waals surface area contributed by atoms with Gasteiger partial charge in [-0.15, -0.1) is 0 Å². The number of nitro groups is 1. The maximum atomic E-state index is 11.2. The largest absolute Gasteiger partial charge is 0.320 e. The predicted molar refractivity (Wildman–Crippen MR) is 82.3 cm³/mol. The number of nitrogens with zero attached hydrogens (tertiary/aromatic N) is 4. The summed E-state index contributed by atoms with van der Waals surface area (Å²) in [6, 6.07) is 12.6. The van der Waals surface area contributed by atoms with Gasteiger partial charge in [0.05, 0.1) is 17.4 Å². The van der Waals surface area contributed by atoms with E-state index in [2.05, 4.69) is 20.9 Å².